The van der Waals surface area contributed by atoms with Crippen LogP contribution in [0, 0.1) is 29.6 Å². The number of methoxy groups -OCH3 is 2. The molecule has 0 spiro atoms. The summed E-state index contributed by atoms with van der Waals surface area (Å²) < 4.78 is 22.7. The van der Waals surface area contributed by atoms with Crippen LogP contribution in [-0.2, 0) is 57.4 Å². The minimum absolute atomic E-state index is 0.0579. The maximum absolute atomic E-state index is 15.0. The van der Waals surface area contributed by atoms with Crippen molar-refractivity contribution in [3.8, 4) is 11.5 Å². The van der Waals surface area contributed by atoms with E-state index in [1.165, 1.54) is 6.42 Å². The lowest BCUT2D eigenvalue weighted by atomic mass is 9.97. The molecule has 1 aliphatic heterocycles. The van der Waals surface area contributed by atoms with Gasteiger partial charge in [-0.2, -0.15) is 0 Å². The lowest BCUT2D eigenvalue weighted by molar-refractivity contribution is -0.158. The van der Waals surface area contributed by atoms with Crippen molar-refractivity contribution < 1.29 is 66.9 Å². The molecule has 1 aliphatic rings. The van der Waals surface area contributed by atoms with Crippen molar-refractivity contribution in [2.45, 2.75) is 273 Å². The lowest BCUT2D eigenvalue weighted by Crippen LogP contribution is -2.61. The molecule has 0 saturated carbocycles. The van der Waals surface area contributed by atoms with Gasteiger partial charge in [0.05, 0.1) is 33.1 Å². The van der Waals surface area contributed by atoms with Crippen LogP contribution in [0.5, 0.6) is 11.5 Å². The normalized spacial score (nSPS) is 21.7. The quantitative estimate of drug-likeness (QED) is 0.0279. The van der Waals surface area contributed by atoms with Gasteiger partial charge >= 0.3 is 11.9 Å². The Bertz CT molecular complexity index is 2650. The number of hydrogen-bond donors (Lipinski definition) is 8. The molecule has 0 bridgehead atoms. The maximum Gasteiger partial charge on any atom is 0.329 e. The smallest absolute Gasteiger partial charge is 0.329 e. The second-order valence-electron chi connectivity index (χ2n) is 27.6. The van der Waals surface area contributed by atoms with Gasteiger partial charge < -0.3 is 61.5 Å². The van der Waals surface area contributed by atoms with Crippen molar-refractivity contribution in [3.05, 3.63) is 59.7 Å². The highest BCUT2D eigenvalue weighted by molar-refractivity contribution is 5.98. The predicted octanol–water partition coefficient (Wildman–Crippen LogP) is 8.89. The van der Waals surface area contributed by atoms with E-state index in [0.717, 1.165) is 56.1 Å². The van der Waals surface area contributed by atoms with E-state index >= 15 is 0 Å². The molecule has 522 valence electrons. The Balaban J connectivity index is 2.26. The van der Waals surface area contributed by atoms with E-state index in [9.17, 15) is 47.9 Å². The third-order valence-electron chi connectivity index (χ3n) is 16.3. The average molecular weight is 1300 g/mol. The zero-order chi connectivity index (χ0) is 69.5. The highest BCUT2D eigenvalue weighted by atomic mass is 16.6. The Morgan fingerprint density at radius 1 is 0.527 bits per heavy atom. The lowest BCUT2D eigenvalue weighted by Gasteiger charge is -2.30. The molecule has 1 heterocycles. The molecule has 8 N–H and O–H groups in total. The van der Waals surface area contributed by atoms with E-state index in [1.54, 1.807) is 80.0 Å². The van der Waals surface area contributed by atoms with Gasteiger partial charge in [-0.25, -0.2) is 4.79 Å². The molecule has 0 radical (unpaired) electrons. The summed E-state index contributed by atoms with van der Waals surface area (Å²) in [5, 5.41) is 22.6. The van der Waals surface area contributed by atoms with Crippen LogP contribution >= 0.6 is 0 Å². The van der Waals surface area contributed by atoms with Crippen molar-refractivity contribution >= 4 is 59.2 Å². The van der Waals surface area contributed by atoms with Crippen molar-refractivity contribution in [1.29, 1.82) is 0 Å². The molecule has 1 unspecified atom stereocenters. The number of esters is 2. The molecular formula is C71H114N8O14. The van der Waals surface area contributed by atoms with E-state index in [-0.39, 0.29) is 56.3 Å². The van der Waals surface area contributed by atoms with Crippen LogP contribution in [-0.4, -0.2) is 127 Å². The number of hydrogen-bond acceptors (Lipinski definition) is 14. The fourth-order valence-corrected chi connectivity index (χ4v) is 11.0. The molecule has 2 aromatic carbocycles. The van der Waals surface area contributed by atoms with Crippen LogP contribution in [0.4, 0.5) is 0 Å². The van der Waals surface area contributed by atoms with Gasteiger partial charge in [-0.15, -0.1) is 0 Å². The van der Waals surface area contributed by atoms with E-state index in [1.807, 2.05) is 72.7 Å². The number of cyclic esters (lactones) is 1. The number of nitrogens with one attached hydrogen (secondary N) is 8. The van der Waals surface area contributed by atoms with E-state index in [4.69, 9.17) is 18.9 Å². The van der Waals surface area contributed by atoms with Gasteiger partial charge in [0.25, 0.3) is 0 Å². The first-order chi connectivity index (χ1) is 43.9. The molecule has 93 heavy (non-hydrogen) atoms. The summed E-state index contributed by atoms with van der Waals surface area (Å²) in [6.45, 7) is 25.0. The fourth-order valence-electron chi connectivity index (χ4n) is 11.0. The molecule has 2 aromatic rings. The minimum atomic E-state index is -1.63. The fraction of sp³-hybridized carbons (Fsp3) is 0.690. The number of rotatable bonds is 29. The number of amides is 8. The second kappa shape index (κ2) is 40.8. The zero-order valence-electron chi connectivity index (χ0n) is 58.6. The monoisotopic (exact) mass is 1300 g/mol. The van der Waals surface area contributed by atoms with Gasteiger partial charge in [0.2, 0.25) is 47.3 Å². The molecule has 3 rings (SSSR count). The molecule has 0 aliphatic carbocycles. The van der Waals surface area contributed by atoms with Crippen LogP contribution in [0.2, 0.25) is 0 Å². The third-order valence-corrected chi connectivity index (χ3v) is 16.3. The second-order valence-corrected chi connectivity index (χ2v) is 27.6. The summed E-state index contributed by atoms with van der Waals surface area (Å²) in [5.74, 6) is -8.24. The largest absolute Gasteiger partial charge is 0.497 e. The molecule has 1 saturated heterocycles. The minimum Gasteiger partial charge on any atom is -0.497 e. The molecule has 1 fully saturated rings. The number of carbonyl (C=O) groups is 10. The van der Waals surface area contributed by atoms with Gasteiger partial charge in [0.15, 0.2) is 0 Å². The standard InChI is InChI=1S/C71H114N8O14/c1-17-19-20-21-22-23-24-25-26-27-52-41-59(81)72-53(36-37-58(80)77-63(48-28-32-50(90-15)33-29-48)49-30-34-51(91-16)35-31-49)64(83)73-54(38-43(3)4)65(84)74-55(39-44(5)6)67(86)78-61(46(9)10)69(88)76-57(42-60(82)93-71(12,13)14)66(85)75-56(40-45(7)8)68(87)79-62(47(11)18-2)70(89)92-52/h28-35,43-47,52-57,61-63H,17-27,36-42H2,1-16H3,(H,72,81)(H,73,83)(H,74,84)(H,75,85)(H,76,88)(H,77,80)(H,78,86)(H,79,87)/t47-,52?,53-,54-,55-,56-,57-,61-,62-/m0/s1. The van der Waals surface area contributed by atoms with Crippen molar-refractivity contribution in [1.82, 2.24) is 42.5 Å². The highest BCUT2D eigenvalue weighted by Gasteiger charge is 2.39. The summed E-state index contributed by atoms with van der Waals surface area (Å²) in [4.78, 5) is 145. The van der Waals surface area contributed by atoms with Crippen LogP contribution in [0.25, 0.3) is 0 Å². The molecule has 8 amide bonds. The Morgan fingerprint density at radius 2 is 0.946 bits per heavy atom. The molecule has 22 nitrogen and oxygen atoms in total. The first kappa shape index (κ1) is 80.0. The zero-order valence-corrected chi connectivity index (χ0v) is 58.6. The Morgan fingerprint density at radius 3 is 1.38 bits per heavy atom. The van der Waals surface area contributed by atoms with Crippen molar-refractivity contribution in [3.63, 3.8) is 0 Å². The molecular weight excluding hydrogens is 1190 g/mol. The Hall–Kier alpha value is -7.26. The van der Waals surface area contributed by atoms with Gasteiger partial charge in [-0.05, 0) is 124 Å². The number of carbonyl (C=O) groups excluding carboxylic acids is 10. The summed E-state index contributed by atoms with van der Waals surface area (Å²) in [7, 11) is 3.10. The predicted molar refractivity (Wildman–Crippen MR) is 358 cm³/mol. The van der Waals surface area contributed by atoms with Crippen LogP contribution in [0.3, 0.4) is 0 Å². The first-order valence-corrected chi connectivity index (χ1v) is 34.0. The number of benzene rings is 2. The van der Waals surface area contributed by atoms with Gasteiger partial charge in [-0.3, -0.25) is 43.2 Å². The number of unbranched alkanes of at least 4 members (excludes halogenated alkanes) is 8. The van der Waals surface area contributed by atoms with Gasteiger partial charge in [-0.1, -0.05) is 158 Å². The summed E-state index contributed by atoms with van der Waals surface area (Å²) in [5.41, 5.74) is 0.457. The van der Waals surface area contributed by atoms with E-state index in [2.05, 4.69) is 49.5 Å². The topological polar surface area (TPSA) is 304 Å². The first-order valence-electron chi connectivity index (χ1n) is 34.0. The molecule has 22 heteroatoms. The van der Waals surface area contributed by atoms with Crippen molar-refractivity contribution in [2.24, 2.45) is 29.6 Å². The van der Waals surface area contributed by atoms with Gasteiger partial charge in [0.1, 0.15) is 65.5 Å². The molecule has 9 atom stereocenters. The summed E-state index contributed by atoms with van der Waals surface area (Å²) >= 11 is 0. The SMILES string of the molecule is CCCCCCCCCCCC1CC(=O)N[C@@H](CCC(=O)NC(c2ccc(OC)cc2)c2ccc(OC)cc2)C(=O)N[C@@H](CC(C)C)C(=O)N[C@@H](CC(C)C)C(=O)N[C@@H](C(C)C)C(=O)N[C@@H](CC(=O)OC(C)(C)C)C(=O)N[C@@H](CC(C)C)C(=O)N[C@@H]([C@@H](C)CC)C(=O)O1. The van der Waals surface area contributed by atoms with Gasteiger partial charge in [0, 0.05) is 6.42 Å². The molecule has 0 aromatic heterocycles. The van der Waals surface area contributed by atoms with Crippen molar-refractivity contribution in [2.75, 3.05) is 14.2 Å². The summed E-state index contributed by atoms with van der Waals surface area (Å²) in [6, 6.07) is 4.13. The Kier molecular flexibility index (Phi) is 35.1. The Labute approximate surface area is 553 Å². The summed E-state index contributed by atoms with van der Waals surface area (Å²) in [6.07, 6.45) is 7.05. The highest BCUT2D eigenvalue weighted by Crippen LogP contribution is 2.27. The van der Waals surface area contributed by atoms with Crippen LogP contribution in [0.15, 0.2) is 48.5 Å². The average Bonchev–Trinajstić information content (AvgIpc) is 3.08. The van der Waals surface area contributed by atoms with E-state index in [0.29, 0.717) is 24.3 Å². The van der Waals surface area contributed by atoms with Crippen LogP contribution < -0.4 is 52.0 Å². The third kappa shape index (κ3) is 29.7. The number of ether oxygens (including phenoxy) is 4. The van der Waals surface area contributed by atoms with Crippen LogP contribution in [0.1, 0.15) is 230 Å². The van der Waals surface area contributed by atoms with E-state index < -0.39 is 144 Å². The maximum atomic E-state index is 15.0.